The summed E-state index contributed by atoms with van der Waals surface area (Å²) >= 11 is 0. The summed E-state index contributed by atoms with van der Waals surface area (Å²) in [6, 6.07) is 7.51. The topological polar surface area (TPSA) is 52.9 Å². The lowest BCUT2D eigenvalue weighted by atomic mass is 10.1. The molecule has 0 spiro atoms. The highest BCUT2D eigenvalue weighted by atomic mass is 16.4. The van der Waals surface area contributed by atoms with Crippen molar-refractivity contribution in [2.75, 3.05) is 0 Å². The second kappa shape index (κ2) is 3.33. The van der Waals surface area contributed by atoms with Crippen molar-refractivity contribution in [3.63, 3.8) is 0 Å². The molecule has 0 unspecified atom stereocenters. The predicted octanol–water partition coefficient (Wildman–Crippen LogP) is 1.78. The van der Waals surface area contributed by atoms with Gasteiger partial charge in [0.15, 0.2) is 0 Å². The number of hydrogen-bond acceptors (Lipinski definition) is 3. The lowest BCUT2D eigenvalue weighted by molar-refractivity contribution is -0.141. The normalized spacial score (nSPS) is 22.4. The first-order chi connectivity index (χ1) is 7.75. The molecular formula is C12H12N2O2. The van der Waals surface area contributed by atoms with Gasteiger partial charge in [0.2, 0.25) is 0 Å². The van der Waals surface area contributed by atoms with Crippen molar-refractivity contribution in [3.05, 3.63) is 29.8 Å². The number of carboxylic acids is 1. The molecule has 1 aromatic carbocycles. The van der Waals surface area contributed by atoms with Gasteiger partial charge in [0, 0.05) is 13.0 Å². The van der Waals surface area contributed by atoms with Crippen molar-refractivity contribution in [1.82, 2.24) is 4.90 Å². The van der Waals surface area contributed by atoms with Crippen molar-refractivity contribution < 1.29 is 9.90 Å². The van der Waals surface area contributed by atoms with Gasteiger partial charge in [-0.2, -0.15) is 0 Å². The standard InChI is InChI=1S/C12H12N2O2/c15-12(16)10-5-6-11-13-9-4-2-1-3-8(9)7-14(10)11/h1-4,10H,5-7H2,(H,15,16)/t10-/m1/s1. The van der Waals surface area contributed by atoms with Crippen molar-refractivity contribution in [1.29, 1.82) is 0 Å². The van der Waals surface area contributed by atoms with Crippen LogP contribution in [0.4, 0.5) is 5.69 Å². The molecule has 2 aliphatic rings. The second-order valence-corrected chi connectivity index (χ2v) is 4.18. The molecule has 0 radical (unpaired) electrons. The minimum atomic E-state index is -0.746. The maximum Gasteiger partial charge on any atom is 0.326 e. The van der Waals surface area contributed by atoms with E-state index in [1.54, 1.807) is 0 Å². The van der Waals surface area contributed by atoms with Crippen molar-refractivity contribution in [3.8, 4) is 0 Å². The monoisotopic (exact) mass is 216 g/mol. The number of amidine groups is 1. The third-order valence-corrected chi connectivity index (χ3v) is 3.22. The fourth-order valence-electron chi connectivity index (χ4n) is 2.40. The van der Waals surface area contributed by atoms with Gasteiger partial charge in [0.1, 0.15) is 11.9 Å². The molecule has 2 heterocycles. The summed E-state index contributed by atoms with van der Waals surface area (Å²) in [5.41, 5.74) is 2.10. The molecule has 0 aliphatic carbocycles. The quantitative estimate of drug-likeness (QED) is 0.778. The van der Waals surface area contributed by atoms with E-state index in [4.69, 9.17) is 5.11 Å². The van der Waals surface area contributed by atoms with Gasteiger partial charge < -0.3 is 10.0 Å². The Kier molecular flexibility index (Phi) is 1.96. The number of para-hydroxylation sites is 1. The molecule has 0 amide bonds. The minimum absolute atomic E-state index is 0.396. The molecule has 4 nitrogen and oxygen atoms in total. The Bertz CT molecular complexity index is 482. The number of aliphatic imine (C=N–C) groups is 1. The fraction of sp³-hybridized carbons (Fsp3) is 0.333. The van der Waals surface area contributed by atoms with Crippen LogP contribution in [0.2, 0.25) is 0 Å². The van der Waals surface area contributed by atoms with E-state index in [2.05, 4.69) is 4.99 Å². The fourth-order valence-corrected chi connectivity index (χ4v) is 2.40. The van der Waals surface area contributed by atoms with Crippen molar-refractivity contribution >= 4 is 17.5 Å². The third-order valence-electron chi connectivity index (χ3n) is 3.22. The molecule has 1 saturated heterocycles. The van der Waals surface area contributed by atoms with Gasteiger partial charge in [0.05, 0.1) is 5.69 Å². The third kappa shape index (κ3) is 1.30. The molecule has 1 fully saturated rings. The number of rotatable bonds is 1. The van der Waals surface area contributed by atoms with Crippen LogP contribution in [0.5, 0.6) is 0 Å². The number of fused-ring (bicyclic) bond motifs is 2. The lowest BCUT2D eigenvalue weighted by Crippen LogP contribution is -2.39. The van der Waals surface area contributed by atoms with Crippen LogP contribution >= 0.6 is 0 Å². The Morgan fingerprint density at radius 1 is 1.44 bits per heavy atom. The Labute approximate surface area is 93.2 Å². The average Bonchev–Trinajstić information content (AvgIpc) is 2.68. The van der Waals surface area contributed by atoms with Gasteiger partial charge in [-0.15, -0.1) is 0 Å². The number of nitrogens with zero attached hydrogens (tertiary/aromatic N) is 2. The first-order valence-electron chi connectivity index (χ1n) is 5.40. The first kappa shape index (κ1) is 9.39. The van der Waals surface area contributed by atoms with Crippen LogP contribution in [-0.2, 0) is 11.3 Å². The molecule has 16 heavy (non-hydrogen) atoms. The molecular weight excluding hydrogens is 204 g/mol. The van der Waals surface area contributed by atoms with Crippen LogP contribution in [0.25, 0.3) is 0 Å². The Morgan fingerprint density at radius 3 is 3.06 bits per heavy atom. The number of carbonyl (C=O) groups is 1. The van der Waals surface area contributed by atoms with Gasteiger partial charge in [-0.1, -0.05) is 18.2 Å². The number of carboxylic acid groups (broad SMARTS) is 1. The highest BCUT2D eigenvalue weighted by molar-refractivity contribution is 5.93. The average molecular weight is 216 g/mol. The summed E-state index contributed by atoms with van der Waals surface area (Å²) in [6.07, 6.45) is 1.44. The van der Waals surface area contributed by atoms with Gasteiger partial charge in [0.25, 0.3) is 0 Å². The van der Waals surface area contributed by atoms with Crippen LogP contribution < -0.4 is 0 Å². The van der Waals surface area contributed by atoms with E-state index in [0.717, 1.165) is 23.5 Å². The van der Waals surface area contributed by atoms with Gasteiger partial charge in [-0.3, -0.25) is 0 Å². The molecule has 1 N–H and O–H groups in total. The predicted molar refractivity (Wildman–Crippen MR) is 59.7 cm³/mol. The van der Waals surface area contributed by atoms with E-state index < -0.39 is 12.0 Å². The highest BCUT2D eigenvalue weighted by Crippen LogP contribution is 2.32. The Hall–Kier alpha value is -1.84. The molecule has 82 valence electrons. The van der Waals surface area contributed by atoms with Crippen LogP contribution in [0, 0.1) is 0 Å². The van der Waals surface area contributed by atoms with Crippen molar-refractivity contribution in [2.24, 2.45) is 4.99 Å². The largest absolute Gasteiger partial charge is 0.480 e. The zero-order valence-corrected chi connectivity index (χ0v) is 8.76. The molecule has 0 aromatic heterocycles. The summed E-state index contributed by atoms with van der Waals surface area (Å²) in [5, 5.41) is 9.10. The summed E-state index contributed by atoms with van der Waals surface area (Å²) in [4.78, 5) is 17.5. The highest BCUT2D eigenvalue weighted by Gasteiger charge is 2.36. The Morgan fingerprint density at radius 2 is 2.25 bits per heavy atom. The van der Waals surface area contributed by atoms with Crippen LogP contribution in [0.15, 0.2) is 29.3 Å². The molecule has 4 heteroatoms. The lowest BCUT2D eigenvalue weighted by Gasteiger charge is -2.28. The summed E-state index contributed by atoms with van der Waals surface area (Å²) < 4.78 is 0. The summed E-state index contributed by atoms with van der Waals surface area (Å²) in [5.74, 6) is 0.177. The summed E-state index contributed by atoms with van der Waals surface area (Å²) in [7, 11) is 0. The zero-order valence-electron chi connectivity index (χ0n) is 8.76. The van der Waals surface area contributed by atoms with Gasteiger partial charge in [-0.25, -0.2) is 9.79 Å². The van der Waals surface area contributed by atoms with Gasteiger partial charge in [-0.05, 0) is 18.1 Å². The smallest absolute Gasteiger partial charge is 0.326 e. The number of benzene rings is 1. The molecule has 1 aromatic rings. The van der Waals surface area contributed by atoms with Crippen molar-refractivity contribution in [2.45, 2.75) is 25.4 Å². The number of aliphatic carboxylic acids is 1. The molecule has 3 rings (SSSR count). The molecule has 0 saturated carbocycles. The SMILES string of the molecule is O=C(O)[C@H]1CCC2=Nc3ccccc3CN21. The van der Waals surface area contributed by atoms with E-state index in [1.165, 1.54) is 0 Å². The zero-order chi connectivity index (χ0) is 11.1. The molecule has 0 bridgehead atoms. The van der Waals surface area contributed by atoms with Crippen LogP contribution in [0.3, 0.4) is 0 Å². The van der Waals surface area contributed by atoms with Crippen LogP contribution in [-0.4, -0.2) is 27.9 Å². The van der Waals surface area contributed by atoms with E-state index in [1.807, 2.05) is 29.2 Å². The first-order valence-corrected chi connectivity index (χ1v) is 5.40. The maximum atomic E-state index is 11.1. The van der Waals surface area contributed by atoms with E-state index in [-0.39, 0.29) is 0 Å². The maximum absolute atomic E-state index is 11.1. The minimum Gasteiger partial charge on any atom is -0.480 e. The second-order valence-electron chi connectivity index (χ2n) is 4.18. The summed E-state index contributed by atoms with van der Waals surface area (Å²) in [6.45, 7) is 0.673. The number of hydrogen-bond donors (Lipinski definition) is 1. The molecule has 1 atom stereocenters. The van der Waals surface area contributed by atoms with Gasteiger partial charge >= 0.3 is 5.97 Å². The molecule has 2 aliphatic heterocycles. The Balaban J connectivity index is 2.00. The van der Waals surface area contributed by atoms with E-state index in [9.17, 15) is 4.79 Å². The van der Waals surface area contributed by atoms with E-state index in [0.29, 0.717) is 13.0 Å². The van der Waals surface area contributed by atoms with E-state index >= 15 is 0 Å². The van der Waals surface area contributed by atoms with Crippen LogP contribution in [0.1, 0.15) is 18.4 Å².